The molecule has 0 saturated carbocycles. The molecule has 1 aromatic heterocycles. The first-order valence-electron chi connectivity index (χ1n) is 11.9. The van der Waals surface area contributed by atoms with Gasteiger partial charge in [-0.25, -0.2) is 4.79 Å². The van der Waals surface area contributed by atoms with Crippen LogP contribution in [0.15, 0.2) is 42.6 Å². The van der Waals surface area contributed by atoms with Crippen LogP contribution in [0.2, 0.25) is 0 Å². The number of nitrogens with zero attached hydrogens (tertiary/aromatic N) is 2. The third-order valence-corrected chi connectivity index (χ3v) is 8.00. The fraction of sp³-hybridized carbons (Fsp3) is 0.444. The van der Waals surface area contributed by atoms with Crippen molar-refractivity contribution in [2.75, 3.05) is 26.7 Å². The maximum absolute atomic E-state index is 11.5. The summed E-state index contributed by atoms with van der Waals surface area (Å²) in [6.07, 6.45) is 5.26. The molecule has 6 heteroatoms. The Morgan fingerprint density at radius 2 is 2.03 bits per heavy atom. The van der Waals surface area contributed by atoms with Gasteiger partial charge in [0.1, 0.15) is 5.75 Å². The predicted molar refractivity (Wildman–Crippen MR) is 130 cm³/mol. The molecule has 2 N–H and O–H groups in total. The number of piperidine rings is 2. The Morgan fingerprint density at radius 3 is 2.73 bits per heavy atom. The smallest absolute Gasteiger partial charge is 0.335 e. The lowest BCUT2D eigenvalue weighted by molar-refractivity contribution is -0.0585. The predicted octanol–water partition coefficient (Wildman–Crippen LogP) is 4.77. The van der Waals surface area contributed by atoms with Crippen LogP contribution >= 0.6 is 0 Å². The second kappa shape index (κ2) is 8.50. The first-order valence-corrected chi connectivity index (χ1v) is 11.9. The van der Waals surface area contributed by atoms with Crippen molar-refractivity contribution in [3.63, 3.8) is 0 Å². The fourth-order valence-corrected chi connectivity index (χ4v) is 6.21. The summed E-state index contributed by atoms with van der Waals surface area (Å²) in [4.78, 5) is 20.1. The first kappa shape index (κ1) is 22.0. The average Bonchev–Trinajstić information content (AvgIpc) is 3.33. The molecule has 174 valence electrons. The van der Waals surface area contributed by atoms with E-state index in [1.54, 1.807) is 19.2 Å². The molecule has 6 nitrogen and oxygen atoms in total. The third-order valence-electron chi connectivity index (χ3n) is 8.00. The van der Waals surface area contributed by atoms with Crippen LogP contribution in [0.3, 0.4) is 0 Å². The number of hydrogen-bond acceptors (Lipinski definition) is 4. The first-order chi connectivity index (χ1) is 16.0. The van der Waals surface area contributed by atoms with Crippen molar-refractivity contribution in [3.8, 4) is 5.75 Å². The molecule has 5 rings (SSSR count). The number of benzene rings is 2. The summed E-state index contributed by atoms with van der Waals surface area (Å²) in [5.74, 6) is 0.0570. The molecule has 2 aliphatic heterocycles. The van der Waals surface area contributed by atoms with Gasteiger partial charge in [-0.2, -0.15) is 0 Å². The second-order valence-corrected chi connectivity index (χ2v) is 9.50. The average molecular weight is 448 g/mol. The Balaban J connectivity index is 1.58. The number of methoxy groups -OCH3 is 1. The van der Waals surface area contributed by atoms with Crippen molar-refractivity contribution >= 4 is 16.9 Å². The molecule has 2 bridgehead atoms. The summed E-state index contributed by atoms with van der Waals surface area (Å²) in [5.41, 5.74) is 5.03. The summed E-state index contributed by atoms with van der Waals surface area (Å²) >= 11 is 0. The molecule has 2 saturated heterocycles. The number of aromatic carboxylic acids is 1. The Morgan fingerprint density at radius 1 is 1.24 bits per heavy atom. The molecular formula is C27H33N3O3. The normalized spacial score (nSPS) is 23.7. The third kappa shape index (κ3) is 3.62. The van der Waals surface area contributed by atoms with E-state index in [4.69, 9.17) is 4.74 Å². The van der Waals surface area contributed by atoms with Gasteiger partial charge in [0.2, 0.25) is 0 Å². The lowest BCUT2D eigenvalue weighted by Crippen LogP contribution is -2.61. The van der Waals surface area contributed by atoms with E-state index in [0.717, 1.165) is 51.2 Å². The minimum absolute atomic E-state index is 0.107. The van der Waals surface area contributed by atoms with Crippen LogP contribution in [-0.2, 0) is 12.1 Å². The van der Waals surface area contributed by atoms with Gasteiger partial charge in [0.15, 0.2) is 0 Å². The lowest BCUT2D eigenvalue weighted by Gasteiger charge is -2.56. The van der Waals surface area contributed by atoms with Crippen LogP contribution < -0.4 is 4.74 Å². The van der Waals surface area contributed by atoms with E-state index in [0.29, 0.717) is 11.6 Å². The summed E-state index contributed by atoms with van der Waals surface area (Å²) in [7, 11) is 1.75. The van der Waals surface area contributed by atoms with Gasteiger partial charge in [0.25, 0.3) is 0 Å². The molecule has 2 fully saturated rings. The number of carboxylic acid groups (broad SMARTS) is 1. The molecule has 2 aromatic carbocycles. The highest BCUT2D eigenvalue weighted by molar-refractivity contribution is 5.88. The molecule has 33 heavy (non-hydrogen) atoms. The SMILES string of the molecule is CCN1CCC2(c3ccc(C(=O)O)cc3)CC1CCN2Cc1c(OC)cc(C)c2[nH]ccc12. The van der Waals surface area contributed by atoms with Crippen molar-refractivity contribution in [1.29, 1.82) is 0 Å². The number of rotatable bonds is 6. The zero-order valence-corrected chi connectivity index (χ0v) is 19.7. The zero-order valence-electron chi connectivity index (χ0n) is 19.7. The van der Waals surface area contributed by atoms with E-state index in [1.165, 1.54) is 27.6 Å². The molecule has 2 aliphatic rings. The van der Waals surface area contributed by atoms with Crippen LogP contribution in [0, 0.1) is 6.92 Å². The largest absolute Gasteiger partial charge is 0.496 e. The molecule has 0 aliphatic carbocycles. The van der Waals surface area contributed by atoms with E-state index in [1.807, 2.05) is 18.3 Å². The van der Waals surface area contributed by atoms with E-state index in [2.05, 4.69) is 40.8 Å². The Hall–Kier alpha value is -2.83. The van der Waals surface area contributed by atoms with Gasteiger partial charge >= 0.3 is 5.97 Å². The van der Waals surface area contributed by atoms with Gasteiger partial charge in [0, 0.05) is 53.9 Å². The van der Waals surface area contributed by atoms with Gasteiger partial charge in [0.05, 0.1) is 12.7 Å². The maximum atomic E-state index is 11.5. The Labute approximate surface area is 195 Å². The Kier molecular flexibility index (Phi) is 5.67. The van der Waals surface area contributed by atoms with Gasteiger partial charge in [-0.1, -0.05) is 19.1 Å². The highest BCUT2D eigenvalue weighted by Crippen LogP contribution is 2.47. The fourth-order valence-electron chi connectivity index (χ4n) is 6.21. The number of carboxylic acids is 1. The minimum atomic E-state index is -0.877. The van der Waals surface area contributed by atoms with Crippen LogP contribution in [0.1, 0.15) is 53.2 Å². The second-order valence-electron chi connectivity index (χ2n) is 9.50. The van der Waals surface area contributed by atoms with Gasteiger partial charge in [-0.05, 0) is 68.1 Å². The summed E-state index contributed by atoms with van der Waals surface area (Å²) in [6.45, 7) is 8.31. The number of carbonyl (C=O) groups is 1. The number of aromatic nitrogens is 1. The summed E-state index contributed by atoms with van der Waals surface area (Å²) < 4.78 is 5.85. The molecular weight excluding hydrogens is 414 g/mol. The van der Waals surface area contributed by atoms with Gasteiger partial charge in [-0.15, -0.1) is 0 Å². The van der Waals surface area contributed by atoms with Crippen LogP contribution in [0.25, 0.3) is 10.9 Å². The van der Waals surface area contributed by atoms with E-state index in [9.17, 15) is 9.90 Å². The molecule has 0 spiro atoms. The molecule has 0 radical (unpaired) electrons. The standard InChI is InChI=1S/C27H33N3O3/c1-4-29-14-11-27(20-7-5-19(6-8-20)26(31)32)16-21(29)10-13-30(27)17-23-22-9-12-28-25(22)18(2)15-24(23)33-3/h5-9,12,15,21,28H,4,10-11,13-14,16-17H2,1-3H3,(H,31,32). The van der Waals surface area contributed by atoms with Gasteiger partial charge in [-0.3, -0.25) is 4.90 Å². The molecule has 3 heterocycles. The monoisotopic (exact) mass is 447 g/mol. The lowest BCUT2D eigenvalue weighted by atomic mass is 9.72. The zero-order chi connectivity index (χ0) is 23.2. The Bertz CT molecular complexity index is 1170. The number of hydrogen-bond donors (Lipinski definition) is 2. The number of ether oxygens (including phenoxy) is 1. The molecule has 2 unspecified atom stereocenters. The molecule has 3 aromatic rings. The molecule has 2 atom stereocenters. The van der Waals surface area contributed by atoms with Crippen LogP contribution in [0.5, 0.6) is 5.75 Å². The number of aryl methyl sites for hydroxylation is 1. The summed E-state index contributed by atoms with van der Waals surface area (Å²) in [5, 5.41) is 10.6. The number of H-pyrrole nitrogens is 1. The number of likely N-dealkylation sites (tertiary alicyclic amines) is 2. The van der Waals surface area contributed by atoms with Crippen molar-refractivity contribution in [2.45, 2.75) is 51.2 Å². The number of nitrogens with one attached hydrogen (secondary N) is 1. The van der Waals surface area contributed by atoms with Crippen LogP contribution in [0.4, 0.5) is 0 Å². The van der Waals surface area contributed by atoms with E-state index < -0.39 is 5.97 Å². The van der Waals surface area contributed by atoms with Crippen molar-refractivity contribution in [1.82, 2.24) is 14.8 Å². The van der Waals surface area contributed by atoms with Crippen molar-refractivity contribution in [2.24, 2.45) is 0 Å². The quantitative estimate of drug-likeness (QED) is 0.570. The highest BCUT2D eigenvalue weighted by Gasteiger charge is 2.48. The van der Waals surface area contributed by atoms with Crippen LogP contribution in [-0.4, -0.2) is 58.6 Å². The highest BCUT2D eigenvalue weighted by atomic mass is 16.5. The van der Waals surface area contributed by atoms with E-state index in [-0.39, 0.29) is 5.54 Å². The maximum Gasteiger partial charge on any atom is 0.335 e. The molecule has 0 amide bonds. The van der Waals surface area contributed by atoms with Gasteiger partial charge < -0.3 is 19.7 Å². The van der Waals surface area contributed by atoms with Crippen molar-refractivity contribution in [3.05, 3.63) is 64.8 Å². The number of aromatic amines is 1. The van der Waals surface area contributed by atoms with Crippen molar-refractivity contribution < 1.29 is 14.6 Å². The summed E-state index contributed by atoms with van der Waals surface area (Å²) in [6, 6.07) is 12.5. The minimum Gasteiger partial charge on any atom is -0.496 e. The number of fused-ring (bicyclic) bond motifs is 3. The topological polar surface area (TPSA) is 68.8 Å². The van der Waals surface area contributed by atoms with E-state index >= 15 is 0 Å².